The molecule has 1 aromatic heterocycles. The summed E-state index contributed by atoms with van der Waals surface area (Å²) in [6, 6.07) is 9.34. The molecule has 0 fully saturated rings. The fourth-order valence-corrected chi connectivity index (χ4v) is 1.63. The Morgan fingerprint density at radius 2 is 2.10 bits per heavy atom. The van der Waals surface area contributed by atoms with Crippen LogP contribution in [0.2, 0.25) is 0 Å². The molecular weight excluding hydrogens is 259 g/mol. The average molecular weight is 274 g/mol. The number of nitrogens with zero attached hydrogens (tertiary/aromatic N) is 1. The second kappa shape index (κ2) is 6.65. The van der Waals surface area contributed by atoms with Gasteiger partial charge >= 0.3 is 0 Å². The molecule has 1 aromatic carbocycles. The van der Waals surface area contributed by atoms with Gasteiger partial charge in [0.25, 0.3) is 5.91 Å². The van der Waals surface area contributed by atoms with E-state index >= 15 is 0 Å². The first-order valence-corrected chi connectivity index (χ1v) is 6.24. The summed E-state index contributed by atoms with van der Waals surface area (Å²) in [6.07, 6.45) is 2.63. The highest BCUT2D eigenvalue weighted by atomic mass is 19.1. The van der Waals surface area contributed by atoms with Gasteiger partial charge in [0.05, 0.1) is 0 Å². The number of pyridine rings is 1. The Morgan fingerprint density at radius 3 is 2.80 bits per heavy atom. The molecule has 1 N–H and O–H groups in total. The largest absolute Gasteiger partial charge is 0.481 e. The number of carbonyl (C=O) groups excluding carboxylic acids is 1. The molecule has 1 amide bonds. The maximum atomic E-state index is 13.0. The van der Waals surface area contributed by atoms with Crippen molar-refractivity contribution < 1.29 is 13.9 Å². The number of halogens is 1. The summed E-state index contributed by atoms with van der Waals surface area (Å²) in [5, 5.41) is 2.75. The van der Waals surface area contributed by atoms with Crippen LogP contribution in [0.25, 0.3) is 0 Å². The Balaban J connectivity index is 1.86. The van der Waals surface area contributed by atoms with Gasteiger partial charge in [0, 0.05) is 25.0 Å². The highest BCUT2D eigenvalue weighted by Gasteiger charge is 2.14. The van der Waals surface area contributed by atoms with Crippen LogP contribution in [0, 0.1) is 5.82 Å². The van der Waals surface area contributed by atoms with Crippen LogP contribution in [-0.2, 0) is 11.3 Å². The van der Waals surface area contributed by atoms with Gasteiger partial charge in [-0.3, -0.25) is 9.78 Å². The minimum Gasteiger partial charge on any atom is -0.481 e. The normalized spacial score (nSPS) is 11.7. The molecule has 20 heavy (non-hydrogen) atoms. The minimum atomic E-state index is -0.696. The molecule has 104 valence electrons. The smallest absolute Gasteiger partial charge is 0.261 e. The summed E-state index contributed by atoms with van der Waals surface area (Å²) in [7, 11) is 0. The van der Waals surface area contributed by atoms with Crippen LogP contribution in [0.1, 0.15) is 12.5 Å². The molecule has 1 atom stereocenters. The van der Waals surface area contributed by atoms with Gasteiger partial charge in [-0.25, -0.2) is 4.39 Å². The van der Waals surface area contributed by atoms with Gasteiger partial charge in [-0.1, -0.05) is 6.07 Å². The van der Waals surface area contributed by atoms with Crippen LogP contribution < -0.4 is 10.1 Å². The lowest BCUT2D eigenvalue weighted by Crippen LogP contribution is -2.35. The summed E-state index contributed by atoms with van der Waals surface area (Å²) >= 11 is 0. The number of nitrogens with one attached hydrogen (secondary N) is 1. The Morgan fingerprint density at radius 1 is 1.35 bits per heavy atom. The zero-order valence-corrected chi connectivity index (χ0v) is 11.0. The molecule has 0 aliphatic rings. The number of ether oxygens (including phenoxy) is 1. The molecule has 0 bridgehead atoms. The fourth-order valence-electron chi connectivity index (χ4n) is 1.63. The quantitative estimate of drug-likeness (QED) is 0.910. The van der Waals surface area contributed by atoms with Gasteiger partial charge in [0.1, 0.15) is 11.6 Å². The standard InChI is InChI=1S/C15H15FN2O2/c1-11(20-14-4-2-3-13(16)9-14)15(19)18-10-12-5-7-17-8-6-12/h2-9,11H,10H2,1H3,(H,18,19). The molecule has 0 radical (unpaired) electrons. The third kappa shape index (κ3) is 4.05. The first-order valence-electron chi connectivity index (χ1n) is 6.24. The van der Waals surface area contributed by atoms with E-state index in [4.69, 9.17) is 4.74 Å². The molecule has 0 aliphatic heterocycles. The van der Waals surface area contributed by atoms with Crippen molar-refractivity contribution in [1.29, 1.82) is 0 Å². The minimum absolute atomic E-state index is 0.258. The zero-order chi connectivity index (χ0) is 14.4. The van der Waals surface area contributed by atoms with Gasteiger partial charge in [-0.05, 0) is 36.8 Å². The van der Waals surface area contributed by atoms with Gasteiger partial charge in [-0.2, -0.15) is 0 Å². The van der Waals surface area contributed by atoms with Crippen LogP contribution >= 0.6 is 0 Å². The van der Waals surface area contributed by atoms with Gasteiger partial charge in [-0.15, -0.1) is 0 Å². The van der Waals surface area contributed by atoms with Crippen LogP contribution in [-0.4, -0.2) is 17.0 Å². The number of aromatic nitrogens is 1. The molecular formula is C15H15FN2O2. The van der Waals surface area contributed by atoms with Gasteiger partial charge in [0.15, 0.2) is 6.10 Å². The predicted molar refractivity (Wildman–Crippen MR) is 72.6 cm³/mol. The van der Waals surface area contributed by atoms with E-state index in [1.807, 2.05) is 12.1 Å². The van der Waals surface area contributed by atoms with Crippen molar-refractivity contribution in [1.82, 2.24) is 10.3 Å². The van der Waals surface area contributed by atoms with Crippen LogP contribution in [0.3, 0.4) is 0 Å². The Kier molecular flexibility index (Phi) is 4.65. The maximum Gasteiger partial charge on any atom is 0.261 e. The molecule has 0 saturated carbocycles. The molecule has 2 rings (SSSR count). The van der Waals surface area contributed by atoms with Crippen molar-refractivity contribution in [2.45, 2.75) is 19.6 Å². The summed E-state index contributed by atoms with van der Waals surface area (Å²) in [5.74, 6) is -0.325. The highest BCUT2D eigenvalue weighted by molar-refractivity contribution is 5.80. The van der Waals surface area contributed by atoms with E-state index in [2.05, 4.69) is 10.3 Å². The van der Waals surface area contributed by atoms with Crippen LogP contribution in [0.4, 0.5) is 4.39 Å². The first kappa shape index (κ1) is 14.0. The summed E-state index contributed by atoms with van der Waals surface area (Å²) < 4.78 is 18.4. The third-order valence-corrected chi connectivity index (χ3v) is 2.69. The number of carbonyl (C=O) groups is 1. The molecule has 1 heterocycles. The van der Waals surface area contributed by atoms with E-state index in [0.717, 1.165) is 5.56 Å². The van der Waals surface area contributed by atoms with E-state index < -0.39 is 11.9 Å². The summed E-state index contributed by atoms with van der Waals surface area (Å²) in [5.41, 5.74) is 0.950. The molecule has 4 nitrogen and oxygen atoms in total. The van der Waals surface area contributed by atoms with Crippen molar-refractivity contribution in [3.05, 3.63) is 60.2 Å². The number of hydrogen-bond donors (Lipinski definition) is 1. The Hall–Kier alpha value is -2.43. The molecule has 1 unspecified atom stereocenters. The molecule has 0 saturated heterocycles. The molecule has 0 spiro atoms. The predicted octanol–water partition coefficient (Wildman–Crippen LogP) is 2.30. The first-order chi connectivity index (χ1) is 9.65. The van der Waals surface area contributed by atoms with E-state index in [0.29, 0.717) is 12.3 Å². The zero-order valence-electron chi connectivity index (χ0n) is 11.0. The van der Waals surface area contributed by atoms with Crippen LogP contribution in [0.5, 0.6) is 5.75 Å². The van der Waals surface area contributed by atoms with Crippen molar-refractivity contribution in [3.63, 3.8) is 0 Å². The second-order valence-corrected chi connectivity index (χ2v) is 4.29. The van der Waals surface area contributed by atoms with Crippen molar-refractivity contribution >= 4 is 5.91 Å². The average Bonchev–Trinajstić information content (AvgIpc) is 2.46. The SMILES string of the molecule is CC(Oc1cccc(F)c1)C(=O)NCc1ccncc1. The van der Waals surface area contributed by atoms with E-state index in [1.165, 1.54) is 18.2 Å². The van der Waals surface area contributed by atoms with Gasteiger partial charge < -0.3 is 10.1 Å². The second-order valence-electron chi connectivity index (χ2n) is 4.29. The van der Waals surface area contributed by atoms with E-state index in [1.54, 1.807) is 25.4 Å². The summed E-state index contributed by atoms with van der Waals surface area (Å²) in [4.78, 5) is 15.8. The van der Waals surface area contributed by atoms with E-state index in [-0.39, 0.29) is 5.91 Å². The monoisotopic (exact) mass is 274 g/mol. The maximum absolute atomic E-state index is 13.0. The lowest BCUT2D eigenvalue weighted by molar-refractivity contribution is -0.127. The Bertz CT molecular complexity index is 575. The molecule has 0 aliphatic carbocycles. The highest BCUT2D eigenvalue weighted by Crippen LogP contribution is 2.13. The van der Waals surface area contributed by atoms with Crippen molar-refractivity contribution in [2.24, 2.45) is 0 Å². The number of amides is 1. The fraction of sp³-hybridized carbons (Fsp3) is 0.200. The molecule has 2 aromatic rings. The van der Waals surface area contributed by atoms with Gasteiger partial charge in [0.2, 0.25) is 0 Å². The third-order valence-electron chi connectivity index (χ3n) is 2.69. The summed E-state index contributed by atoms with van der Waals surface area (Å²) in [6.45, 7) is 2.02. The lowest BCUT2D eigenvalue weighted by Gasteiger charge is -2.14. The number of rotatable bonds is 5. The number of hydrogen-bond acceptors (Lipinski definition) is 3. The lowest BCUT2D eigenvalue weighted by atomic mass is 10.2. The van der Waals surface area contributed by atoms with Crippen molar-refractivity contribution in [3.8, 4) is 5.75 Å². The Labute approximate surface area is 116 Å². The van der Waals surface area contributed by atoms with E-state index in [9.17, 15) is 9.18 Å². The van der Waals surface area contributed by atoms with Crippen molar-refractivity contribution in [2.75, 3.05) is 0 Å². The van der Waals surface area contributed by atoms with Crippen LogP contribution in [0.15, 0.2) is 48.8 Å². The number of benzene rings is 1. The molecule has 5 heteroatoms. The topological polar surface area (TPSA) is 51.2 Å².